The molecule has 0 aliphatic carbocycles. The monoisotopic (exact) mass is 258 g/mol. The molecular weight excluding hydrogens is 232 g/mol. The number of ether oxygens (including phenoxy) is 3. The van der Waals surface area contributed by atoms with Gasteiger partial charge in [-0.05, 0) is 13.5 Å². The third kappa shape index (κ3) is 10.5. The number of likely N-dealkylation sites (N-methyl/N-ethyl adjacent to an activating group) is 1. The van der Waals surface area contributed by atoms with E-state index in [1.54, 1.807) is 7.11 Å². The first-order valence-electron chi connectivity index (χ1n) is 6.51. The van der Waals surface area contributed by atoms with Crippen molar-refractivity contribution in [2.75, 3.05) is 59.8 Å². The quantitative estimate of drug-likeness (QED) is 0.491. The van der Waals surface area contributed by atoms with Crippen LogP contribution in [0.5, 0.6) is 0 Å². The van der Waals surface area contributed by atoms with Crippen molar-refractivity contribution in [3.8, 4) is 6.07 Å². The van der Waals surface area contributed by atoms with Gasteiger partial charge in [0.15, 0.2) is 0 Å². The largest absolute Gasteiger partial charge is 0.382 e. The van der Waals surface area contributed by atoms with Gasteiger partial charge in [0.05, 0.1) is 45.0 Å². The highest BCUT2D eigenvalue weighted by Gasteiger charge is 2.07. The van der Waals surface area contributed by atoms with Crippen LogP contribution < -0.4 is 0 Å². The molecule has 0 saturated carbocycles. The van der Waals surface area contributed by atoms with Crippen LogP contribution in [-0.2, 0) is 14.2 Å². The molecule has 1 atom stereocenters. The van der Waals surface area contributed by atoms with Gasteiger partial charge in [0, 0.05) is 20.2 Å². The molecule has 0 aromatic rings. The zero-order valence-corrected chi connectivity index (χ0v) is 11.9. The SMILES string of the molecule is CCN(CCOCCOCCOC)CC(C)C#N. The van der Waals surface area contributed by atoms with E-state index in [-0.39, 0.29) is 5.92 Å². The Morgan fingerprint density at radius 1 is 1.11 bits per heavy atom. The molecule has 0 saturated heterocycles. The minimum absolute atomic E-state index is 0.0716. The van der Waals surface area contributed by atoms with Crippen LogP contribution in [0.3, 0.4) is 0 Å². The highest BCUT2D eigenvalue weighted by Crippen LogP contribution is 1.98. The van der Waals surface area contributed by atoms with E-state index in [2.05, 4.69) is 17.9 Å². The Morgan fingerprint density at radius 2 is 1.72 bits per heavy atom. The highest BCUT2D eigenvalue weighted by atomic mass is 16.5. The lowest BCUT2D eigenvalue weighted by Crippen LogP contribution is -2.31. The average molecular weight is 258 g/mol. The van der Waals surface area contributed by atoms with E-state index in [0.29, 0.717) is 33.0 Å². The first-order chi connectivity index (χ1) is 8.74. The predicted octanol–water partition coefficient (Wildman–Crippen LogP) is 1.15. The maximum Gasteiger partial charge on any atom is 0.0701 e. The fourth-order valence-corrected chi connectivity index (χ4v) is 1.46. The molecule has 0 aliphatic rings. The molecule has 0 bridgehead atoms. The van der Waals surface area contributed by atoms with E-state index in [1.807, 2.05) is 6.92 Å². The topological polar surface area (TPSA) is 54.7 Å². The summed E-state index contributed by atoms with van der Waals surface area (Å²) in [6.45, 7) is 9.77. The summed E-state index contributed by atoms with van der Waals surface area (Å²) in [5, 5.41) is 8.76. The molecule has 106 valence electrons. The van der Waals surface area contributed by atoms with Crippen molar-refractivity contribution in [2.45, 2.75) is 13.8 Å². The fraction of sp³-hybridized carbons (Fsp3) is 0.923. The van der Waals surface area contributed by atoms with Crippen molar-refractivity contribution in [3.05, 3.63) is 0 Å². The van der Waals surface area contributed by atoms with Gasteiger partial charge in [0.2, 0.25) is 0 Å². The Bertz CT molecular complexity index is 219. The Kier molecular flexibility index (Phi) is 12.3. The van der Waals surface area contributed by atoms with Gasteiger partial charge < -0.3 is 19.1 Å². The van der Waals surface area contributed by atoms with E-state index < -0.39 is 0 Å². The molecular formula is C13H26N2O3. The molecule has 0 heterocycles. The second-order valence-corrected chi connectivity index (χ2v) is 4.14. The second kappa shape index (κ2) is 12.8. The first kappa shape index (κ1) is 17.3. The zero-order chi connectivity index (χ0) is 13.6. The van der Waals surface area contributed by atoms with E-state index >= 15 is 0 Å². The van der Waals surface area contributed by atoms with Crippen molar-refractivity contribution in [2.24, 2.45) is 5.92 Å². The molecule has 18 heavy (non-hydrogen) atoms. The van der Waals surface area contributed by atoms with Crippen molar-refractivity contribution < 1.29 is 14.2 Å². The lowest BCUT2D eigenvalue weighted by atomic mass is 10.2. The maximum absolute atomic E-state index is 8.76. The van der Waals surface area contributed by atoms with Gasteiger partial charge in [-0.25, -0.2) is 0 Å². The van der Waals surface area contributed by atoms with Crippen molar-refractivity contribution >= 4 is 0 Å². The summed E-state index contributed by atoms with van der Waals surface area (Å²) in [5.41, 5.74) is 0. The van der Waals surface area contributed by atoms with Crippen LogP contribution in [0.2, 0.25) is 0 Å². The fourth-order valence-electron chi connectivity index (χ4n) is 1.46. The standard InChI is InChI=1S/C13H26N2O3/c1-4-15(12-13(2)11-14)5-6-17-9-10-18-8-7-16-3/h13H,4-10,12H2,1-3H3. The Hall–Kier alpha value is -0.670. The van der Waals surface area contributed by atoms with Crippen LogP contribution in [0.25, 0.3) is 0 Å². The molecule has 0 fully saturated rings. The molecule has 0 aliphatic heterocycles. The van der Waals surface area contributed by atoms with Crippen LogP contribution in [0.1, 0.15) is 13.8 Å². The minimum Gasteiger partial charge on any atom is -0.382 e. The smallest absolute Gasteiger partial charge is 0.0701 e. The summed E-state index contributed by atoms with van der Waals surface area (Å²) < 4.78 is 15.6. The molecule has 0 amide bonds. The molecule has 0 spiro atoms. The average Bonchev–Trinajstić information content (AvgIpc) is 2.40. The summed E-state index contributed by atoms with van der Waals surface area (Å²) in [5.74, 6) is 0.0716. The van der Waals surface area contributed by atoms with Crippen molar-refractivity contribution in [1.29, 1.82) is 5.26 Å². The molecule has 1 unspecified atom stereocenters. The van der Waals surface area contributed by atoms with Crippen molar-refractivity contribution in [3.63, 3.8) is 0 Å². The minimum atomic E-state index is 0.0716. The zero-order valence-electron chi connectivity index (χ0n) is 11.9. The predicted molar refractivity (Wildman–Crippen MR) is 70.4 cm³/mol. The number of hydrogen-bond donors (Lipinski definition) is 0. The number of nitrogens with zero attached hydrogens (tertiary/aromatic N) is 2. The first-order valence-corrected chi connectivity index (χ1v) is 6.51. The summed E-state index contributed by atoms with van der Waals surface area (Å²) in [6.07, 6.45) is 0. The van der Waals surface area contributed by atoms with E-state index in [0.717, 1.165) is 19.6 Å². The lowest BCUT2D eigenvalue weighted by Gasteiger charge is -2.21. The molecule has 0 aromatic heterocycles. The summed E-state index contributed by atoms with van der Waals surface area (Å²) >= 11 is 0. The highest BCUT2D eigenvalue weighted by molar-refractivity contribution is 4.81. The molecule has 5 nitrogen and oxygen atoms in total. The van der Waals surface area contributed by atoms with Gasteiger partial charge in [-0.2, -0.15) is 5.26 Å². The number of nitriles is 1. The third-order valence-electron chi connectivity index (χ3n) is 2.56. The molecule has 0 N–H and O–H groups in total. The number of hydrogen-bond acceptors (Lipinski definition) is 5. The molecule has 0 aromatic carbocycles. The van der Waals surface area contributed by atoms with E-state index in [1.165, 1.54) is 0 Å². The molecule has 0 rings (SSSR count). The summed E-state index contributed by atoms with van der Waals surface area (Å²) in [4.78, 5) is 2.22. The lowest BCUT2D eigenvalue weighted by molar-refractivity contribution is 0.0194. The van der Waals surface area contributed by atoms with Crippen LogP contribution in [-0.4, -0.2) is 64.7 Å². The van der Waals surface area contributed by atoms with Gasteiger partial charge in [0.1, 0.15) is 0 Å². The molecule has 5 heteroatoms. The van der Waals surface area contributed by atoms with Crippen molar-refractivity contribution in [1.82, 2.24) is 4.90 Å². The van der Waals surface area contributed by atoms with Crippen LogP contribution in [0.4, 0.5) is 0 Å². The van der Waals surface area contributed by atoms with Gasteiger partial charge in [-0.15, -0.1) is 0 Å². The number of rotatable bonds is 12. The van der Waals surface area contributed by atoms with E-state index in [4.69, 9.17) is 19.5 Å². The number of methoxy groups -OCH3 is 1. The third-order valence-corrected chi connectivity index (χ3v) is 2.56. The van der Waals surface area contributed by atoms with Gasteiger partial charge in [-0.1, -0.05) is 6.92 Å². The van der Waals surface area contributed by atoms with Crippen LogP contribution >= 0.6 is 0 Å². The van der Waals surface area contributed by atoms with E-state index in [9.17, 15) is 0 Å². The Balaban J connectivity index is 3.37. The molecule has 0 radical (unpaired) electrons. The van der Waals surface area contributed by atoms with Gasteiger partial charge in [-0.3, -0.25) is 0 Å². The van der Waals surface area contributed by atoms with Crippen LogP contribution in [0, 0.1) is 17.2 Å². The maximum atomic E-state index is 8.76. The Labute approximate surface area is 111 Å². The Morgan fingerprint density at radius 3 is 2.28 bits per heavy atom. The summed E-state index contributed by atoms with van der Waals surface area (Å²) in [7, 11) is 1.65. The van der Waals surface area contributed by atoms with Gasteiger partial charge >= 0.3 is 0 Å². The van der Waals surface area contributed by atoms with Crippen LogP contribution in [0.15, 0.2) is 0 Å². The summed E-state index contributed by atoms with van der Waals surface area (Å²) in [6, 6.07) is 2.25. The second-order valence-electron chi connectivity index (χ2n) is 4.14. The normalized spacial score (nSPS) is 12.6. The van der Waals surface area contributed by atoms with Gasteiger partial charge in [0.25, 0.3) is 0 Å².